The highest BCUT2D eigenvalue weighted by molar-refractivity contribution is 5.67. The monoisotopic (exact) mass is 267 g/mol. The number of likely N-dealkylation sites (tertiary alicyclic amines) is 1. The molecule has 0 aromatic carbocycles. The fourth-order valence-electron chi connectivity index (χ4n) is 2.20. The summed E-state index contributed by atoms with van der Waals surface area (Å²) in [4.78, 5) is 13.3. The summed E-state index contributed by atoms with van der Waals surface area (Å²) in [6.45, 7) is 4.52. The number of piperidine rings is 1. The van der Waals surface area contributed by atoms with Crippen LogP contribution in [0.1, 0.15) is 25.5 Å². The molecule has 7 heteroatoms. The van der Waals surface area contributed by atoms with Crippen molar-refractivity contribution in [3.8, 4) is 0 Å². The van der Waals surface area contributed by atoms with Crippen LogP contribution in [0.15, 0.2) is 6.20 Å². The summed E-state index contributed by atoms with van der Waals surface area (Å²) >= 11 is 0. The van der Waals surface area contributed by atoms with E-state index in [0.717, 1.165) is 38.2 Å². The maximum Gasteiger partial charge on any atom is 0.409 e. The lowest BCUT2D eigenvalue weighted by atomic mass is 10.1. The van der Waals surface area contributed by atoms with Gasteiger partial charge in [-0.15, -0.1) is 5.10 Å². The third kappa shape index (κ3) is 3.66. The number of aromatic nitrogens is 3. The molecule has 0 bridgehead atoms. The Labute approximate surface area is 112 Å². The van der Waals surface area contributed by atoms with Gasteiger partial charge in [-0.25, -0.2) is 4.79 Å². The molecule has 0 saturated carbocycles. The van der Waals surface area contributed by atoms with Crippen molar-refractivity contribution >= 4 is 6.09 Å². The zero-order chi connectivity index (χ0) is 13.7. The zero-order valence-corrected chi connectivity index (χ0v) is 11.5. The van der Waals surface area contributed by atoms with Gasteiger partial charge in [0.05, 0.1) is 18.5 Å². The fraction of sp³-hybridized carbons (Fsp3) is 0.750. The van der Waals surface area contributed by atoms with Gasteiger partial charge in [-0.1, -0.05) is 5.21 Å². The molecule has 1 N–H and O–H groups in total. The predicted molar refractivity (Wildman–Crippen MR) is 69.5 cm³/mol. The van der Waals surface area contributed by atoms with Gasteiger partial charge < -0.3 is 15.0 Å². The second-order valence-corrected chi connectivity index (χ2v) is 4.69. The largest absolute Gasteiger partial charge is 0.450 e. The van der Waals surface area contributed by atoms with Gasteiger partial charge >= 0.3 is 6.09 Å². The van der Waals surface area contributed by atoms with E-state index >= 15 is 0 Å². The van der Waals surface area contributed by atoms with Gasteiger partial charge in [0, 0.05) is 32.7 Å². The Morgan fingerprint density at radius 1 is 1.53 bits per heavy atom. The van der Waals surface area contributed by atoms with Crippen LogP contribution < -0.4 is 5.32 Å². The molecular formula is C12H21N5O2. The van der Waals surface area contributed by atoms with Crippen LogP contribution in [0.3, 0.4) is 0 Å². The lowest BCUT2D eigenvalue weighted by molar-refractivity contribution is 0.0949. The topological polar surface area (TPSA) is 72.3 Å². The van der Waals surface area contributed by atoms with E-state index in [1.54, 1.807) is 15.8 Å². The number of nitrogens with zero attached hydrogens (tertiary/aromatic N) is 4. The molecule has 2 heterocycles. The maximum absolute atomic E-state index is 11.6. The zero-order valence-electron chi connectivity index (χ0n) is 11.5. The Bertz CT molecular complexity index is 412. The number of carbonyl (C=O) groups is 1. The maximum atomic E-state index is 11.6. The summed E-state index contributed by atoms with van der Waals surface area (Å²) in [5, 5.41) is 11.2. The quantitative estimate of drug-likeness (QED) is 0.861. The molecule has 1 saturated heterocycles. The van der Waals surface area contributed by atoms with Crippen LogP contribution in [0.4, 0.5) is 4.79 Å². The van der Waals surface area contributed by atoms with E-state index in [1.165, 1.54) is 0 Å². The second kappa shape index (κ2) is 6.51. The molecule has 0 spiro atoms. The van der Waals surface area contributed by atoms with Gasteiger partial charge in [0.1, 0.15) is 0 Å². The van der Waals surface area contributed by atoms with Crippen molar-refractivity contribution in [3.63, 3.8) is 0 Å². The minimum absolute atomic E-state index is 0.197. The van der Waals surface area contributed by atoms with Crippen molar-refractivity contribution in [2.45, 2.75) is 32.4 Å². The Hall–Kier alpha value is -1.63. The first kappa shape index (κ1) is 13.8. The second-order valence-electron chi connectivity index (χ2n) is 4.69. The number of ether oxygens (including phenoxy) is 1. The van der Waals surface area contributed by atoms with Crippen LogP contribution in [-0.4, -0.2) is 51.7 Å². The molecule has 0 radical (unpaired) electrons. The van der Waals surface area contributed by atoms with E-state index < -0.39 is 0 Å². The molecule has 1 amide bonds. The van der Waals surface area contributed by atoms with Gasteiger partial charge in [-0.05, 0) is 19.8 Å². The molecule has 7 nitrogen and oxygen atoms in total. The molecule has 106 valence electrons. The Kier molecular flexibility index (Phi) is 4.73. The van der Waals surface area contributed by atoms with Crippen LogP contribution in [0.25, 0.3) is 0 Å². The summed E-state index contributed by atoms with van der Waals surface area (Å²) in [5.74, 6) is 0. The van der Waals surface area contributed by atoms with Crippen LogP contribution in [0.2, 0.25) is 0 Å². The lowest BCUT2D eigenvalue weighted by Gasteiger charge is -2.31. The Morgan fingerprint density at radius 3 is 2.84 bits per heavy atom. The third-order valence-electron chi connectivity index (χ3n) is 3.40. The molecule has 1 fully saturated rings. The molecule has 1 aromatic heterocycles. The van der Waals surface area contributed by atoms with Gasteiger partial charge in [-0.2, -0.15) is 0 Å². The van der Waals surface area contributed by atoms with Crippen molar-refractivity contribution in [2.24, 2.45) is 7.05 Å². The fourth-order valence-corrected chi connectivity index (χ4v) is 2.20. The summed E-state index contributed by atoms with van der Waals surface area (Å²) in [6, 6.07) is 0.431. The average molecular weight is 267 g/mol. The average Bonchev–Trinajstić information content (AvgIpc) is 2.83. The first-order chi connectivity index (χ1) is 9.20. The van der Waals surface area contributed by atoms with Crippen molar-refractivity contribution in [3.05, 3.63) is 11.9 Å². The highest BCUT2D eigenvalue weighted by atomic mass is 16.6. The molecule has 19 heavy (non-hydrogen) atoms. The van der Waals surface area contributed by atoms with Gasteiger partial charge in [-0.3, -0.25) is 4.68 Å². The van der Waals surface area contributed by atoms with E-state index in [2.05, 4.69) is 15.6 Å². The minimum atomic E-state index is -0.197. The standard InChI is InChI=1S/C12H21N5O2/c1-3-19-12(18)17-6-4-10(5-7-17)13-8-11-9-14-15-16(11)2/h9-10,13H,3-8H2,1-2H3. The SMILES string of the molecule is CCOC(=O)N1CCC(NCc2cnnn2C)CC1. The smallest absolute Gasteiger partial charge is 0.409 e. The lowest BCUT2D eigenvalue weighted by Crippen LogP contribution is -2.45. The normalized spacial score (nSPS) is 16.6. The molecule has 1 aliphatic heterocycles. The molecule has 0 unspecified atom stereocenters. The van der Waals surface area contributed by atoms with Crippen molar-refractivity contribution in [1.82, 2.24) is 25.2 Å². The highest BCUT2D eigenvalue weighted by Crippen LogP contribution is 2.12. The van der Waals surface area contributed by atoms with Crippen molar-refractivity contribution < 1.29 is 9.53 Å². The molecule has 1 aromatic rings. The molecular weight excluding hydrogens is 246 g/mol. The molecule has 0 atom stereocenters. The van der Waals surface area contributed by atoms with Crippen molar-refractivity contribution in [2.75, 3.05) is 19.7 Å². The Balaban J connectivity index is 1.72. The summed E-state index contributed by atoms with van der Waals surface area (Å²) in [5.41, 5.74) is 1.06. The van der Waals surface area contributed by atoms with E-state index in [4.69, 9.17) is 4.74 Å². The van der Waals surface area contributed by atoms with Crippen LogP contribution in [-0.2, 0) is 18.3 Å². The predicted octanol–water partition coefficient (Wildman–Crippen LogP) is 0.526. The third-order valence-corrected chi connectivity index (χ3v) is 3.40. The van der Waals surface area contributed by atoms with Crippen molar-refractivity contribution in [1.29, 1.82) is 0 Å². The first-order valence-electron chi connectivity index (χ1n) is 6.69. The summed E-state index contributed by atoms with van der Waals surface area (Å²) in [7, 11) is 1.88. The number of amides is 1. The molecule has 2 rings (SSSR count). The van der Waals surface area contributed by atoms with Gasteiger partial charge in [0.15, 0.2) is 0 Å². The number of hydrogen-bond acceptors (Lipinski definition) is 5. The number of hydrogen-bond donors (Lipinski definition) is 1. The van der Waals surface area contributed by atoms with E-state index in [-0.39, 0.29) is 6.09 Å². The number of rotatable bonds is 4. The van der Waals surface area contributed by atoms with Crippen LogP contribution in [0, 0.1) is 0 Å². The molecule has 1 aliphatic rings. The first-order valence-corrected chi connectivity index (χ1v) is 6.69. The van der Waals surface area contributed by atoms with Gasteiger partial charge in [0.25, 0.3) is 0 Å². The van der Waals surface area contributed by atoms with E-state index in [0.29, 0.717) is 12.6 Å². The highest BCUT2D eigenvalue weighted by Gasteiger charge is 2.23. The molecule has 0 aliphatic carbocycles. The minimum Gasteiger partial charge on any atom is -0.450 e. The summed E-state index contributed by atoms with van der Waals surface area (Å²) in [6.07, 6.45) is 3.46. The number of nitrogens with one attached hydrogen (secondary N) is 1. The Morgan fingerprint density at radius 2 is 2.26 bits per heavy atom. The number of carbonyl (C=O) groups excluding carboxylic acids is 1. The van der Waals surface area contributed by atoms with E-state index in [1.807, 2.05) is 14.0 Å². The van der Waals surface area contributed by atoms with E-state index in [9.17, 15) is 4.79 Å². The summed E-state index contributed by atoms with van der Waals surface area (Å²) < 4.78 is 6.76. The van der Waals surface area contributed by atoms with Gasteiger partial charge in [0.2, 0.25) is 0 Å². The number of aryl methyl sites for hydroxylation is 1. The van der Waals surface area contributed by atoms with Crippen LogP contribution >= 0.6 is 0 Å². The van der Waals surface area contributed by atoms with Crippen LogP contribution in [0.5, 0.6) is 0 Å².